The van der Waals surface area contributed by atoms with Crippen LogP contribution in [0.2, 0.25) is 0 Å². The van der Waals surface area contributed by atoms with E-state index < -0.39 is 5.63 Å². The topological polar surface area (TPSA) is 68.3 Å². The van der Waals surface area contributed by atoms with Gasteiger partial charge in [0, 0.05) is 11.9 Å². The van der Waals surface area contributed by atoms with Crippen molar-refractivity contribution < 1.29 is 8.83 Å². The van der Waals surface area contributed by atoms with E-state index in [0.717, 1.165) is 16.6 Å². The molecule has 0 radical (unpaired) electrons. The summed E-state index contributed by atoms with van der Waals surface area (Å²) in [7, 11) is 0. The summed E-state index contributed by atoms with van der Waals surface area (Å²) in [6.07, 6.45) is 1.69. The second-order valence-electron chi connectivity index (χ2n) is 6.55. The van der Waals surface area contributed by atoms with Crippen molar-refractivity contribution in [2.24, 2.45) is 0 Å². The third-order valence-electron chi connectivity index (χ3n) is 4.76. The van der Waals surface area contributed by atoms with Gasteiger partial charge in [0.1, 0.15) is 11.0 Å². The summed E-state index contributed by atoms with van der Waals surface area (Å²) < 4.78 is 11.7. The molecule has 0 aliphatic carbocycles. The number of rotatable bonds is 3. The summed E-state index contributed by atoms with van der Waals surface area (Å²) in [6.45, 7) is 2.01. The smallest absolute Gasteiger partial charge is 0.348 e. The number of nitrogens with one attached hydrogen (secondary N) is 1. The molecule has 0 fully saturated rings. The van der Waals surface area contributed by atoms with Crippen LogP contribution >= 0.6 is 0 Å². The van der Waals surface area contributed by atoms with E-state index in [9.17, 15) is 4.79 Å². The van der Waals surface area contributed by atoms with Crippen molar-refractivity contribution in [1.82, 2.24) is 4.98 Å². The minimum Gasteiger partial charge on any atom is -0.439 e. The number of anilines is 2. The summed E-state index contributed by atoms with van der Waals surface area (Å²) in [5.74, 6) is 0.464. The molecule has 3 aromatic heterocycles. The highest BCUT2D eigenvalue weighted by atomic mass is 16.4. The molecule has 0 saturated heterocycles. The molecule has 2 aromatic carbocycles. The van der Waals surface area contributed by atoms with Crippen LogP contribution in [0.15, 0.2) is 86.6 Å². The average molecular weight is 368 g/mol. The lowest BCUT2D eigenvalue weighted by atomic mass is 10.1. The zero-order valence-electron chi connectivity index (χ0n) is 15.1. The van der Waals surface area contributed by atoms with Gasteiger partial charge in [-0.2, -0.15) is 0 Å². The number of hydrogen-bond donors (Lipinski definition) is 1. The number of aryl methyl sites for hydroxylation is 1. The van der Waals surface area contributed by atoms with Gasteiger partial charge in [0.05, 0.1) is 16.6 Å². The Balaban J connectivity index is 1.86. The number of benzene rings is 2. The summed E-state index contributed by atoms with van der Waals surface area (Å²) in [6, 6.07) is 20.8. The lowest BCUT2D eigenvalue weighted by Crippen LogP contribution is -2.00. The van der Waals surface area contributed by atoms with Gasteiger partial charge in [0.15, 0.2) is 5.58 Å². The molecule has 0 saturated carbocycles. The molecule has 3 heterocycles. The van der Waals surface area contributed by atoms with E-state index in [0.29, 0.717) is 33.7 Å². The van der Waals surface area contributed by atoms with Gasteiger partial charge in [-0.25, -0.2) is 4.79 Å². The van der Waals surface area contributed by atoms with E-state index in [1.807, 2.05) is 67.6 Å². The van der Waals surface area contributed by atoms with Gasteiger partial charge >= 0.3 is 5.63 Å². The van der Waals surface area contributed by atoms with E-state index in [4.69, 9.17) is 8.83 Å². The maximum absolute atomic E-state index is 12.8. The van der Waals surface area contributed by atoms with E-state index in [2.05, 4.69) is 10.3 Å². The average Bonchev–Trinajstić information content (AvgIpc) is 3.10. The Hall–Kier alpha value is -3.86. The number of aromatic nitrogens is 1. The van der Waals surface area contributed by atoms with Gasteiger partial charge in [0.2, 0.25) is 5.88 Å². The molecule has 5 nitrogen and oxygen atoms in total. The first-order valence-corrected chi connectivity index (χ1v) is 8.95. The highest BCUT2D eigenvalue weighted by Crippen LogP contribution is 2.40. The Morgan fingerprint density at radius 1 is 0.893 bits per heavy atom. The SMILES string of the molecule is Cc1ccccc1Nc1oc2c(c1-c1ccccn1)c(=O)oc1ccccc12. The van der Waals surface area contributed by atoms with Crippen LogP contribution in [0, 0.1) is 6.92 Å². The van der Waals surface area contributed by atoms with Crippen molar-refractivity contribution in [3.05, 3.63) is 88.9 Å². The first-order chi connectivity index (χ1) is 13.7. The van der Waals surface area contributed by atoms with Crippen LogP contribution in [0.3, 0.4) is 0 Å². The van der Waals surface area contributed by atoms with Crippen molar-refractivity contribution >= 4 is 33.5 Å². The monoisotopic (exact) mass is 368 g/mol. The van der Waals surface area contributed by atoms with Crippen LogP contribution in [-0.4, -0.2) is 4.98 Å². The van der Waals surface area contributed by atoms with Crippen molar-refractivity contribution in [3.8, 4) is 11.3 Å². The molecule has 5 heteroatoms. The number of nitrogens with zero attached hydrogens (tertiary/aromatic N) is 1. The summed E-state index contributed by atoms with van der Waals surface area (Å²) in [5, 5.41) is 4.46. The molecule has 5 aromatic rings. The highest BCUT2D eigenvalue weighted by molar-refractivity contribution is 6.09. The van der Waals surface area contributed by atoms with Crippen molar-refractivity contribution in [1.29, 1.82) is 0 Å². The molecule has 0 aliphatic heterocycles. The van der Waals surface area contributed by atoms with Gasteiger partial charge in [0.25, 0.3) is 0 Å². The third kappa shape index (κ3) is 2.56. The summed E-state index contributed by atoms with van der Waals surface area (Å²) in [5.41, 5.74) is 3.72. The van der Waals surface area contributed by atoms with Gasteiger partial charge in [-0.3, -0.25) is 4.98 Å². The molecular formula is C23H16N2O3. The van der Waals surface area contributed by atoms with Crippen molar-refractivity contribution in [2.75, 3.05) is 5.32 Å². The number of furan rings is 1. The van der Waals surface area contributed by atoms with Crippen LogP contribution in [0.1, 0.15) is 5.56 Å². The number of pyridine rings is 1. The van der Waals surface area contributed by atoms with Gasteiger partial charge in [-0.05, 0) is 42.8 Å². The molecule has 28 heavy (non-hydrogen) atoms. The Morgan fingerprint density at radius 3 is 2.50 bits per heavy atom. The highest BCUT2D eigenvalue weighted by Gasteiger charge is 2.23. The zero-order chi connectivity index (χ0) is 19.1. The second kappa shape index (κ2) is 6.39. The maximum Gasteiger partial charge on any atom is 0.348 e. The quantitative estimate of drug-likeness (QED) is 0.417. The second-order valence-corrected chi connectivity index (χ2v) is 6.55. The molecule has 1 N–H and O–H groups in total. The van der Waals surface area contributed by atoms with Gasteiger partial charge in [-0.15, -0.1) is 0 Å². The van der Waals surface area contributed by atoms with Crippen LogP contribution < -0.4 is 10.9 Å². The lowest BCUT2D eigenvalue weighted by molar-refractivity contribution is 0.566. The Kier molecular flexibility index (Phi) is 3.72. The Labute approximate surface area is 160 Å². The first-order valence-electron chi connectivity index (χ1n) is 8.95. The zero-order valence-corrected chi connectivity index (χ0v) is 15.1. The molecular weight excluding hydrogens is 352 g/mol. The van der Waals surface area contributed by atoms with Gasteiger partial charge < -0.3 is 14.2 Å². The Morgan fingerprint density at radius 2 is 1.68 bits per heavy atom. The Bertz CT molecular complexity index is 1370. The van der Waals surface area contributed by atoms with E-state index >= 15 is 0 Å². The van der Waals surface area contributed by atoms with E-state index in [1.54, 1.807) is 12.3 Å². The predicted octanol–water partition coefficient (Wildman–Crippen LogP) is 5.65. The summed E-state index contributed by atoms with van der Waals surface area (Å²) >= 11 is 0. The van der Waals surface area contributed by atoms with Crippen molar-refractivity contribution in [2.45, 2.75) is 6.92 Å². The summed E-state index contributed by atoms with van der Waals surface area (Å²) in [4.78, 5) is 17.3. The van der Waals surface area contributed by atoms with Crippen LogP contribution in [0.5, 0.6) is 0 Å². The van der Waals surface area contributed by atoms with Crippen LogP contribution in [-0.2, 0) is 0 Å². The molecule has 0 amide bonds. The molecule has 136 valence electrons. The number of fused-ring (bicyclic) bond motifs is 3. The fraction of sp³-hybridized carbons (Fsp3) is 0.0435. The van der Waals surface area contributed by atoms with Gasteiger partial charge in [-0.1, -0.05) is 36.4 Å². The minimum atomic E-state index is -0.448. The molecule has 0 atom stereocenters. The molecule has 0 spiro atoms. The molecule has 0 unspecified atom stereocenters. The lowest BCUT2D eigenvalue weighted by Gasteiger charge is -2.08. The standard InChI is InChI=1S/C23H16N2O3/c1-14-8-2-4-10-16(14)25-22-19(17-11-6-7-13-24-17)20-21(28-22)15-9-3-5-12-18(15)27-23(20)26/h2-13,25H,1H3. The van der Waals surface area contributed by atoms with E-state index in [1.165, 1.54) is 0 Å². The third-order valence-corrected chi connectivity index (χ3v) is 4.76. The van der Waals surface area contributed by atoms with Crippen LogP contribution in [0.25, 0.3) is 33.2 Å². The fourth-order valence-corrected chi connectivity index (χ4v) is 3.39. The molecule has 5 rings (SSSR count). The number of hydrogen-bond acceptors (Lipinski definition) is 5. The fourth-order valence-electron chi connectivity index (χ4n) is 3.39. The minimum absolute atomic E-state index is 0.383. The molecule has 0 bridgehead atoms. The largest absolute Gasteiger partial charge is 0.439 e. The predicted molar refractivity (Wildman–Crippen MR) is 110 cm³/mol. The normalized spacial score (nSPS) is 11.2. The maximum atomic E-state index is 12.8. The number of para-hydroxylation sites is 2. The van der Waals surface area contributed by atoms with Crippen LogP contribution in [0.4, 0.5) is 11.6 Å². The first kappa shape index (κ1) is 16.3. The van der Waals surface area contributed by atoms with E-state index in [-0.39, 0.29) is 0 Å². The van der Waals surface area contributed by atoms with Crippen molar-refractivity contribution in [3.63, 3.8) is 0 Å². The molecule has 0 aliphatic rings.